The van der Waals surface area contributed by atoms with Crippen LogP contribution in [0.2, 0.25) is 0 Å². The van der Waals surface area contributed by atoms with E-state index in [1.807, 2.05) is 0 Å². The van der Waals surface area contributed by atoms with E-state index in [0.717, 1.165) is 0 Å². The van der Waals surface area contributed by atoms with Gasteiger partial charge in [-0.2, -0.15) is 0 Å². The Bertz CT molecular complexity index is 1580. The van der Waals surface area contributed by atoms with Crippen LogP contribution in [0.15, 0.2) is 107 Å². The Labute approximate surface area is 223 Å². The lowest BCUT2D eigenvalue weighted by Crippen LogP contribution is -2.18. The molecule has 4 aromatic carbocycles. The summed E-state index contributed by atoms with van der Waals surface area (Å²) in [5, 5.41) is 5.18. The number of para-hydroxylation sites is 2. The maximum Gasteiger partial charge on any atom is 0.255 e. The molecule has 4 aromatic rings. The van der Waals surface area contributed by atoms with E-state index in [0.29, 0.717) is 0 Å². The van der Waals surface area contributed by atoms with Gasteiger partial charge in [0.25, 0.3) is 23.6 Å². The minimum atomic E-state index is -3.96. The van der Waals surface area contributed by atoms with Crippen molar-refractivity contribution in [3.8, 4) is 0 Å². The van der Waals surface area contributed by atoms with E-state index in [9.17, 15) is 27.6 Å². The number of carbonyl (C=O) groups is 4. The van der Waals surface area contributed by atoms with Crippen molar-refractivity contribution in [1.29, 1.82) is 0 Å². The van der Waals surface area contributed by atoms with Crippen molar-refractivity contribution in [3.63, 3.8) is 0 Å². The van der Waals surface area contributed by atoms with Crippen LogP contribution in [0.1, 0.15) is 41.4 Å². The third-order valence-electron chi connectivity index (χ3n) is 5.74. The second kappa shape index (κ2) is 11.0. The second-order valence-electron chi connectivity index (χ2n) is 8.28. The van der Waals surface area contributed by atoms with Crippen molar-refractivity contribution in [2.24, 2.45) is 11.5 Å². The SMILES string of the molecule is NC(=O)c1ccccc1NC(=O)c1ccc(S(=O)(=O)c2ccc(C(=O)Nc3ccccc3C(N)=O)cc2)cc1. The summed E-state index contributed by atoms with van der Waals surface area (Å²) in [5.74, 6) is -2.51. The highest BCUT2D eigenvalue weighted by molar-refractivity contribution is 7.91. The maximum atomic E-state index is 13.1. The number of hydrogen-bond acceptors (Lipinski definition) is 6. The van der Waals surface area contributed by atoms with Gasteiger partial charge in [0.15, 0.2) is 0 Å². The lowest BCUT2D eigenvalue weighted by molar-refractivity contribution is 0.0990. The number of sulfone groups is 1. The molecular formula is C28H22N4O6S. The van der Waals surface area contributed by atoms with Gasteiger partial charge >= 0.3 is 0 Å². The summed E-state index contributed by atoms with van der Waals surface area (Å²) in [4.78, 5) is 48.3. The summed E-state index contributed by atoms with van der Waals surface area (Å²) in [6.07, 6.45) is 0. The topological polar surface area (TPSA) is 179 Å². The molecule has 0 heterocycles. The van der Waals surface area contributed by atoms with E-state index >= 15 is 0 Å². The first-order valence-electron chi connectivity index (χ1n) is 11.4. The van der Waals surface area contributed by atoms with Crippen LogP contribution in [0.3, 0.4) is 0 Å². The molecule has 0 aromatic heterocycles. The first kappa shape index (κ1) is 26.8. The summed E-state index contributed by atoms with van der Waals surface area (Å²) in [5.41, 5.74) is 11.7. The largest absolute Gasteiger partial charge is 0.366 e. The molecule has 196 valence electrons. The van der Waals surface area contributed by atoms with Gasteiger partial charge in [0.1, 0.15) is 0 Å². The summed E-state index contributed by atoms with van der Waals surface area (Å²) in [6, 6.07) is 23.0. The average Bonchev–Trinajstić information content (AvgIpc) is 2.93. The van der Waals surface area contributed by atoms with E-state index in [-0.39, 0.29) is 43.4 Å². The second-order valence-corrected chi connectivity index (χ2v) is 10.2. The molecule has 11 heteroatoms. The minimum Gasteiger partial charge on any atom is -0.366 e. The number of primary amides is 2. The van der Waals surface area contributed by atoms with Crippen molar-refractivity contribution < 1.29 is 27.6 Å². The fourth-order valence-electron chi connectivity index (χ4n) is 3.71. The third-order valence-corrected chi connectivity index (χ3v) is 7.52. The number of anilines is 2. The fourth-order valence-corrected chi connectivity index (χ4v) is 4.97. The van der Waals surface area contributed by atoms with Crippen molar-refractivity contribution in [2.75, 3.05) is 10.6 Å². The lowest BCUT2D eigenvalue weighted by Gasteiger charge is -2.10. The van der Waals surface area contributed by atoms with Crippen LogP contribution >= 0.6 is 0 Å². The van der Waals surface area contributed by atoms with Gasteiger partial charge in [0.05, 0.1) is 32.3 Å². The highest BCUT2D eigenvalue weighted by atomic mass is 32.2. The van der Waals surface area contributed by atoms with Gasteiger partial charge in [-0.15, -0.1) is 0 Å². The van der Waals surface area contributed by atoms with Crippen LogP contribution in [0.5, 0.6) is 0 Å². The van der Waals surface area contributed by atoms with Gasteiger partial charge in [-0.3, -0.25) is 19.2 Å². The Balaban J connectivity index is 1.49. The van der Waals surface area contributed by atoms with E-state index < -0.39 is 33.5 Å². The zero-order valence-corrected chi connectivity index (χ0v) is 21.1. The minimum absolute atomic E-state index is 0.0656. The molecule has 0 aliphatic rings. The lowest BCUT2D eigenvalue weighted by atomic mass is 10.1. The molecule has 0 bridgehead atoms. The van der Waals surface area contributed by atoms with Gasteiger partial charge in [-0.1, -0.05) is 24.3 Å². The molecular weight excluding hydrogens is 520 g/mol. The number of benzene rings is 4. The van der Waals surface area contributed by atoms with Crippen LogP contribution in [0.25, 0.3) is 0 Å². The smallest absolute Gasteiger partial charge is 0.255 e. The Kier molecular flexibility index (Phi) is 7.54. The Morgan fingerprint density at radius 3 is 1.18 bits per heavy atom. The normalized spacial score (nSPS) is 10.9. The number of nitrogens with two attached hydrogens (primary N) is 2. The monoisotopic (exact) mass is 542 g/mol. The van der Waals surface area contributed by atoms with Gasteiger partial charge in [0, 0.05) is 11.1 Å². The number of rotatable bonds is 8. The van der Waals surface area contributed by atoms with Gasteiger partial charge in [0.2, 0.25) is 9.84 Å². The van der Waals surface area contributed by atoms with Crippen LogP contribution < -0.4 is 22.1 Å². The Morgan fingerprint density at radius 1 is 0.513 bits per heavy atom. The van der Waals surface area contributed by atoms with Crippen LogP contribution in [0, 0.1) is 0 Å². The van der Waals surface area contributed by atoms with Crippen LogP contribution in [-0.4, -0.2) is 32.0 Å². The molecule has 0 saturated heterocycles. The van der Waals surface area contributed by atoms with Crippen molar-refractivity contribution >= 4 is 44.8 Å². The van der Waals surface area contributed by atoms with Crippen LogP contribution in [-0.2, 0) is 9.84 Å². The predicted molar refractivity (Wildman–Crippen MR) is 144 cm³/mol. The average molecular weight is 543 g/mol. The Morgan fingerprint density at radius 2 is 0.846 bits per heavy atom. The molecule has 6 N–H and O–H groups in total. The number of amides is 4. The highest BCUT2D eigenvalue weighted by Crippen LogP contribution is 2.23. The third kappa shape index (κ3) is 5.84. The Hall–Kier alpha value is -5.29. The van der Waals surface area contributed by atoms with Crippen LogP contribution in [0.4, 0.5) is 11.4 Å². The molecule has 4 rings (SSSR count). The quantitative estimate of drug-likeness (QED) is 0.265. The summed E-state index contributed by atoms with van der Waals surface area (Å²) >= 11 is 0. The zero-order valence-electron chi connectivity index (χ0n) is 20.3. The molecule has 0 saturated carbocycles. The summed E-state index contributed by atoms with van der Waals surface area (Å²) in [7, 11) is -3.96. The molecule has 10 nitrogen and oxygen atoms in total. The standard InChI is InChI=1S/C28H22N4O6S/c29-25(33)21-5-1-3-7-23(21)31-27(35)17-9-13-19(14-10-17)39(37,38)20-15-11-18(12-16-20)28(36)32-24-8-4-2-6-22(24)26(30)34/h1-16H,(H2,29,33)(H2,30,34)(H,31,35)(H,32,36). The van der Waals surface area contributed by atoms with E-state index in [4.69, 9.17) is 11.5 Å². The number of carbonyl (C=O) groups excluding carboxylic acids is 4. The van der Waals surface area contributed by atoms with Crippen molar-refractivity contribution in [2.45, 2.75) is 9.79 Å². The van der Waals surface area contributed by atoms with E-state index in [2.05, 4.69) is 10.6 Å². The van der Waals surface area contributed by atoms with Gasteiger partial charge in [-0.25, -0.2) is 8.42 Å². The van der Waals surface area contributed by atoms with Crippen molar-refractivity contribution in [3.05, 3.63) is 119 Å². The summed E-state index contributed by atoms with van der Waals surface area (Å²) in [6.45, 7) is 0. The maximum absolute atomic E-state index is 13.1. The molecule has 0 aliphatic heterocycles. The first-order valence-corrected chi connectivity index (χ1v) is 12.9. The molecule has 0 fully saturated rings. The molecule has 0 spiro atoms. The van der Waals surface area contributed by atoms with E-state index in [1.54, 1.807) is 24.3 Å². The zero-order chi connectivity index (χ0) is 28.2. The van der Waals surface area contributed by atoms with Crippen molar-refractivity contribution in [1.82, 2.24) is 0 Å². The number of nitrogens with one attached hydrogen (secondary N) is 2. The molecule has 0 aliphatic carbocycles. The summed E-state index contributed by atoms with van der Waals surface area (Å²) < 4.78 is 26.2. The number of hydrogen-bond donors (Lipinski definition) is 4. The molecule has 0 radical (unpaired) electrons. The predicted octanol–water partition coefficient (Wildman–Crippen LogP) is 3.22. The fraction of sp³-hybridized carbons (Fsp3) is 0. The first-order chi connectivity index (χ1) is 18.6. The van der Waals surface area contributed by atoms with Gasteiger partial charge in [-0.05, 0) is 72.8 Å². The van der Waals surface area contributed by atoms with Gasteiger partial charge < -0.3 is 22.1 Å². The molecule has 0 unspecified atom stereocenters. The molecule has 0 atom stereocenters. The molecule has 39 heavy (non-hydrogen) atoms. The van der Waals surface area contributed by atoms with E-state index in [1.165, 1.54) is 72.8 Å². The highest BCUT2D eigenvalue weighted by Gasteiger charge is 2.20. The molecule has 4 amide bonds.